The quantitative estimate of drug-likeness (QED) is 0.429. The summed E-state index contributed by atoms with van der Waals surface area (Å²) in [5.74, 6) is -1.79. The molecule has 1 aromatic heterocycles. The number of carboxylic acids is 1. The minimum absolute atomic E-state index is 0.0889. The smallest absolute Gasteiger partial charge is 0.338 e. The van der Waals surface area contributed by atoms with E-state index >= 15 is 0 Å². The van der Waals surface area contributed by atoms with Crippen LogP contribution in [0.1, 0.15) is 49.2 Å². The number of halogens is 2. The summed E-state index contributed by atoms with van der Waals surface area (Å²) in [6.45, 7) is 2.02. The van der Waals surface area contributed by atoms with E-state index in [4.69, 9.17) is 9.73 Å². The molecule has 1 aromatic carbocycles. The van der Waals surface area contributed by atoms with Crippen LogP contribution in [-0.4, -0.2) is 66.0 Å². The summed E-state index contributed by atoms with van der Waals surface area (Å²) in [5, 5.41) is 14.4. The maximum absolute atomic E-state index is 13.9. The Balaban J connectivity index is 1.45. The van der Waals surface area contributed by atoms with E-state index in [0.29, 0.717) is 39.4 Å². The molecular weight excluding hydrogens is 627 g/mol. The molecule has 3 aliphatic rings. The zero-order valence-electron chi connectivity index (χ0n) is 21.8. The summed E-state index contributed by atoms with van der Waals surface area (Å²) < 4.78 is 47.5. The average Bonchev–Trinajstić information content (AvgIpc) is 3.45. The number of piperidine rings is 1. The predicted octanol–water partition coefficient (Wildman–Crippen LogP) is 3.86. The number of rotatable bonds is 7. The number of ether oxygens (including phenoxy) is 1. The number of benzene rings is 1. The third kappa shape index (κ3) is 5.21. The topological polar surface area (TPSA) is 138 Å². The SMILES string of the molecule is COC(=O)C1=C(C2CCN(S(=O)(=O)C3CC(C)(C(=O)O)C3)CC2)NC(c2nccs2)=NC1c1ccc(F)cc1Br. The number of carbonyl (C=O) groups excluding carboxylic acids is 1. The van der Waals surface area contributed by atoms with Crippen molar-refractivity contribution in [3.8, 4) is 0 Å². The van der Waals surface area contributed by atoms with E-state index in [1.807, 2.05) is 0 Å². The normalized spacial score (nSPS) is 26.1. The van der Waals surface area contributed by atoms with Gasteiger partial charge in [0.25, 0.3) is 0 Å². The first kappa shape index (κ1) is 28.8. The highest BCUT2D eigenvalue weighted by Gasteiger charge is 2.53. The molecule has 214 valence electrons. The Morgan fingerprint density at radius 2 is 1.98 bits per heavy atom. The van der Waals surface area contributed by atoms with E-state index in [2.05, 4.69) is 26.2 Å². The Kier molecular flexibility index (Phi) is 7.89. The number of nitrogens with zero attached hydrogens (tertiary/aromatic N) is 3. The zero-order chi connectivity index (χ0) is 28.8. The molecule has 1 unspecified atom stereocenters. The number of aliphatic imine (C=N–C) groups is 1. The van der Waals surface area contributed by atoms with Crippen LogP contribution >= 0.6 is 27.3 Å². The lowest BCUT2D eigenvalue weighted by Gasteiger charge is -2.44. The minimum Gasteiger partial charge on any atom is -0.481 e. The van der Waals surface area contributed by atoms with E-state index in [0.717, 1.165) is 0 Å². The molecule has 1 atom stereocenters. The Labute approximate surface area is 243 Å². The van der Waals surface area contributed by atoms with Gasteiger partial charge in [-0.1, -0.05) is 22.0 Å². The molecule has 2 aromatic rings. The number of aromatic nitrogens is 1. The second-order valence-corrected chi connectivity index (χ2v) is 14.4. The van der Waals surface area contributed by atoms with E-state index in [9.17, 15) is 27.5 Å². The summed E-state index contributed by atoms with van der Waals surface area (Å²) in [7, 11) is -2.38. The van der Waals surface area contributed by atoms with Gasteiger partial charge in [-0.25, -0.2) is 26.9 Å². The van der Waals surface area contributed by atoms with Gasteiger partial charge in [-0.2, -0.15) is 0 Å². The van der Waals surface area contributed by atoms with Gasteiger partial charge in [0.1, 0.15) is 11.9 Å². The van der Waals surface area contributed by atoms with Crippen LogP contribution < -0.4 is 5.32 Å². The molecule has 14 heteroatoms. The molecule has 2 aliphatic heterocycles. The number of hydrogen-bond donors (Lipinski definition) is 2. The Morgan fingerprint density at radius 3 is 2.55 bits per heavy atom. The summed E-state index contributed by atoms with van der Waals surface area (Å²) in [4.78, 5) is 33.8. The van der Waals surface area contributed by atoms with Gasteiger partial charge in [-0.05, 0) is 50.3 Å². The van der Waals surface area contributed by atoms with Gasteiger partial charge >= 0.3 is 11.9 Å². The predicted molar refractivity (Wildman–Crippen MR) is 150 cm³/mol. The fourth-order valence-corrected chi connectivity index (χ4v) is 9.01. The number of allylic oxidation sites excluding steroid dienone is 1. The number of hydrogen-bond acceptors (Lipinski definition) is 9. The Bertz CT molecular complexity index is 1500. The monoisotopic (exact) mass is 654 g/mol. The number of carboxylic acid groups (broad SMARTS) is 1. The zero-order valence-corrected chi connectivity index (χ0v) is 25.0. The molecule has 10 nitrogen and oxygen atoms in total. The lowest BCUT2D eigenvalue weighted by Crippen LogP contribution is -2.54. The first-order valence-corrected chi connectivity index (χ1v) is 15.9. The van der Waals surface area contributed by atoms with E-state index < -0.39 is 44.5 Å². The molecule has 5 rings (SSSR count). The maximum atomic E-state index is 13.9. The average molecular weight is 656 g/mol. The van der Waals surface area contributed by atoms with Crippen LogP contribution in [-0.2, 0) is 24.3 Å². The van der Waals surface area contributed by atoms with Crippen molar-refractivity contribution in [2.45, 2.75) is 43.9 Å². The number of thiazole rings is 1. The molecule has 3 heterocycles. The van der Waals surface area contributed by atoms with Crippen molar-refractivity contribution in [1.29, 1.82) is 0 Å². The second kappa shape index (κ2) is 11.0. The standard InChI is InChI=1S/C26H28BrFN4O6S2/c1-26(25(34)35)12-16(13-26)40(36,37)32-8-5-14(6-9-32)20-19(24(33)38-2)21(17-4-3-15(28)11-18(17)27)31-22(30-20)23-29-7-10-39-23/h3-4,7,10-11,14,16,21H,5-6,8-9,12-13H2,1-2H3,(H,30,31)(H,34,35). The van der Waals surface area contributed by atoms with Gasteiger partial charge in [0.2, 0.25) is 10.0 Å². The van der Waals surface area contributed by atoms with E-state index in [1.165, 1.54) is 34.9 Å². The summed E-state index contributed by atoms with van der Waals surface area (Å²) in [6, 6.07) is 3.36. The molecule has 1 saturated carbocycles. The van der Waals surface area contributed by atoms with Crippen LogP contribution in [0, 0.1) is 17.2 Å². The van der Waals surface area contributed by atoms with Crippen molar-refractivity contribution in [2.75, 3.05) is 20.2 Å². The fraction of sp³-hybridized carbons (Fsp3) is 0.462. The van der Waals surface area contributed by atoms with Crippen LogP contribution in [0.5, 0.6) is 0 Å². The number of nitrogens with one attached hydrogen (secondary N) is 1. The van der Waals surface area contributed by atoms with Gasteiger partial charge in [0.15, 0.2) is 10.8 Å². The summed E-state index contributed by atoms with van der Waals surface area (Å²) >= 11 is 4.78. The molecule has 0 bridgehead atoms. The van der Waals surface area contributed by atoms with Crippen molar-refractivity contribution in [2.24, 2.45) is 16.3 Å². The molecular formula is C26H28BrFN4O6S2. The molecule has 0 amide bonds. The number of carbonyl (C=O) groups is 2. The van der Waals surface area contributed by atoms with Crippen LogP contribution in [0.4, 0.5) is 4.39 Å². The summed E-state index contributed by atoms with van der Waals surface area (Å²) in [5.41, 5.74) is 0.402. The number of sulfonamides is 1. The van der Waals surface area contributed by atoms with Crippen molar-refractivity contribution >= 4 is 55.1 Å². The first-order valence-electron chi connectivity index (χ1n) is 12.7. The highest BCUT2D eigenvalue weighted by atomic mass is 79.9. The van der Waals surface area contributed by atoms with Crippen molar-refractivity contribution in [3.05, 3.63) is 61.9 Å². The molecule has 2 fully saturated rings. The third-order valence-corrected chi connectivity index (χ3v) is 11.6. The minimum atomic E-state index is -3.66. The fourth-order valence-electron chi connectivity index (χ4n) is 5.56. The van der Waals surface area contributed by atoms with E-state index in [1.54, 1.807) is 24.6 Å². The van der Waals surface area contributed by atoms with Crippen LogP contribution in [0.25, 0.3) is 0 Å². The highest BCUT2D eigenvalue weighted by Crippen LogP contribution is 2.46. The molecule has 40 heavy (non-hydrogen) atoms. The van der Waals surface area contributed by atoms with Gasteiger partial charge < -0.3 is 15.2 Å². The van der Waals surface area contributed by atoms with E-state index in [-0.39, 0.29) is 37.4 Å². The summed E-state index contributed by atoms with van der Waals surface area (Å²) in [6.07, 6.45) is 2.67. The first-order chi connectivity index (χ1) is 18.9. The van der Waals surface area contributed by atoms with Crippen molar-refractivity contribution in [1.82, 2.24) is 14.6 Å². The molecule has 1 saturated heterocycles. The van der Waals surface area contributed by atoms with Gasteiger partial charge in [0.05, 0.1) is 23.3 Å². The largest absolute Gasteiger partial charge is 0.481 e. The van der Waals surface area contributed by atoms with Gasteiger partial charge in [0, 0.05) is 40.8 Å². The molecule has 1 aliphatic carbocycles. The van der Waals surface area contributed by atoms with Gasteiger partial charge in [-0.3, -0.25) is 9.79 Å². The van der Waals surface area contributed by atoms with Crippen LogP contribution in [0.2, 0.25) is 0 Å². The lowest BCUT2D eigenvalue weighted by molar-refractivity contribution is -0.152. The highest BCUT2D eigenvalue weighted by molar-refractivity contribution is 9.10. The maximum Gasteiger partial charge on any atom is 0.338 e. The second-order valence-electron chi connectivity index (χ2n) is 10.4. The number of amidine groups is 1. The Hall–Kier alpha value is -2.68. The van der Waals surface area contributed by atoms with Gasteiger partial charge in [-0.15, -0.1) is 11.3 Å². The Morgan fingerprint density at radius 1 is 1.27 bits per heavy atom. The third-order valence-electron chi connectivity index (χ3n) is 7.89. The number of esters is 1. The number of aliphatic carboxylic acids is 1. The van der Waals surface area contributed by atoms with Crippen molar-refractivity contribution < 1.29 is 32.2 Å². The molecule has 0 spiro atoms. The van der Waals surface area contributed by atoms with Crippen molar-refractivity contribution in [3.63, 3.8) is 0 Å². The van der Waals surface area contributed by atoms with Crippen LogP contribution in [0.15, 0.2) is 50.5 Å². The molecule has 2 N–H and O–H groups in total. The molecule has 0 radical (unpaired) electrons. The van der Waals surface area contributed by atoms with Crippen LogP contribution in [0.3, 0.4) is 0 Å². The number of methoxy groups -OCH3 is 1. The lowest BCUT2D eigenvalue weighted by atomic mass is 9.70.